The summed E-state index contributed by atoms with van der Waals surface area (Å²) in [6.45, 7) is 9.34. The van der Waals surface area contributed by atoms with E-state index in [0.29, 0.717) is 0 Å². The molecule has 0 saturated carbocycles. The molecule has 22 heavy (non-hydrogen) atoms. The topological polar surface area (TPSA) is 39.1 Å². The molecule has 0 radical (unpaired) electrons. The van der Waals surface area contributed by atoms with E-state index in [4.69, 9.17) is 0 Å². The van der Waals surface area contributed by atoms with Crippen LogP contribution in [0.15, 0.2) is 24.3 Å². The standard InChI is InChI=1S/C18H26FN3/c1-15(2)18(14-20,16-5-3-6-17(19)13-16)7-4-10-22-11-8-21-9-12-22/h3,5-6,13,15,21H,4,7-12H2,1-2H3. The Morgan fingerprint density at radius 3 is 2.68 bits per heavy atom. The smallest absolute Gasteiger partial charge is 0.123 e. The molecule has 1 N–H and O–H groups in total. The predicted molar refractivity (Wildman–Crippen MR) is 87.1 cm³/mol. The van der Waals surface area contributed by atoms with Crippen molar-refractivity contribution in [1.29, 1.82) is 5.26 Å². The van der Waals surface area contributed by atoms with Crippen molar-refractivity contribution in [2.24, 2.45) is 5.92 Å². The summed E-state index contributed by atoms with van der Waals surface area (Å²) in [6.07, 6.45) is 1.73. The maximum Gasteiger partial charge on any atom is 0.123 e. The fourth-order valence-corrected chi connectivity index (χ4v) is 3.30. The van der Waals surface area contributed by atoms with Crippen LogP contribution in [-0.2, 0) is 5.41 Å². The van der Waals surface area contributed by atoms with Gasteiger partial charge in [0.2, 0.25) is 0 Å². The highest BCUT2D eigenvalue weighted by Crippen LogP contribution is 2.36. The zero-order valence-electron chi connectivity index (χ0n) is 13.6. The van der Waals surface area contributed by atoms with E-state index < -0.39 is 5.41 Å². The van der Waals surface area contributed by atoms with Gasteiger partial charge in [0.25, 0.3) is 0 Å². The fraction of sp³-hybridized carbons (Fsp3) is 0.611. The number of hydrogen-bond acceptors (Lipinski definition) is 3. The maximum atomic E-state index is 13.6. The Balaban J connectivity index is 2.07. The first-order chi connectivity index (χ1) is 10.6. The van der Waals surface area contributed by atoms with Crippen LogP contribution in [0.2, 0.25) is 0 Å². The van der Waals surface area contributed by atoms with Crippen molar-refractivity contribution >= 4 is 0 Å². The lowest BCUT2D eigenvalue weighted by Crippen LogP contribution is -2.44. The summed E-state index contributed by atoms with van der Waals surface area (Å²) < 4.78 is 13.6. The van der Waals surface area contributed by atoms with Gasteiger partial charge < -0.3 is 10.2 Å². The third-order valence-corrected chi connectivity index (χ3v) is 4.78. The number of nitrogens with zero attached hydrogens (tertiary/aromatic N) is 2. The van der Waals surface area contributed by atoms with Crippen molar-refractivity contribution in [2.75, 3.05) is 32.7 Å². The van der Waals surface area contributed by atoms with Crippen molar-refractivity contribution in [2.45, 2.75) is 32.1 Å². The molecule has 0 amide bonds. The predicted octanol–water partition coefficient (Wildman–Crippen LogP) is 2.93. The molecule has 120 valence electrons. The van der Waals surface area contributed by atoms with E-state index in [-0.39, 0.29) is 11.7 Å². The molecule has 1 saturated heterocycles. The second kappa shape index (κ2) is 7.71. The number of halogens is 1. The van der Waals surface area contributed by atoms with E-state index in [2.05, 4.69) is 30.1 Å². The number of benzene rings is 1. The van der Waals surface area contributed by atoms with Crippen LogP contribution in [0.3, 0.4) is 0 Å². The molecule has 0 bridgehead atoms. The SMILES string of the molecule is CC(C)C(C#N)(CCCN1CCNCC1)c1cccc(F)c1. The van der Waals surface area contributed by atoms with Gasteiger partial charge in [0, 0.05) is 26.2 Å². The molecule has 1 aliphatic heterocycles. The van der Waals surface area contributed by atoms with E-state index in [0.717, 1.165) is 51.1 Å². The van der Waals surface area contributed by atoms with E-state index >= 15 is 0 Å². The lowest BCUT2D eigenvalue weighted by Gasteiger charge is -2.33. The minimum Gasteiger partial charge on any atom is -0.314 e. The Hall–Kier alpha value is -1.44. The van der Waals surface area contributed by atoms with Crippen molar-refractivity contribution in [1.82, 2.24) is 10.2 Å². The van der Waals surface area contributed by atoms with Crippen molar-refractivity contribution in [3.05, 3.63) is 35.6 Å². The molecule has 1 fully saturated rings. The fourth-order valence-electron chi connectivity index (χ4n) is 3.30. The molecule has 3 nitrogen and oxygen atoms in total. The lowest BCUT2D eigenvalue weighted by atomic mass is 9.70. The molecule has 1 aliphatic rings. The number of rotatable bonds is 6. The minimum atomic E-state index is -0.601. The van der Waals surface area contributed by atoms with Crippen LogP contribution in [0.25, 0.3) is 0 Å². The van der Waals surface area contributed by atoms with Crippen LogP contribution < -0.4 is 5.32 Å². The molecule has 1 unspecified atom stereocenters. The van der Waals surface area contributed by atoms with Gasteiger partial charge in [-0.1, -0.05) is 26.0 Å². The number of nitriles is 1. The maximum absolute atomic E-state index is 13.6. The molecule has 1 aromatic rings. The van der Waals surface area contributed by atoms with Gasteiger partial charge in [-0.3, -0.25) is 0 Å². The van der Waals surface area contributed by atoms with E-state index in [9.17, 15) is 9.65 Å². The van der Waals surface area contributed by atoms with Crippen LogP contribution in [0.4, 0.5) is 4.39 Å². The van der Waals surface area contributed by atoms with E-state index in [1.807, 2.05) is 6.07 Å². The molecular formula is C18H26FN3. The monoisotopic (exact) mass is 303 g/mol. The first kappa shape index (κ1) is 16.9. The van der Waals surface area contributed by atoms with Gasteiger partial charge in [-0.05, 0) is 43.0 Å². The highest BCUT2D eigenvalue weighted by Gasteiger charge is 2.35. The summed E-state index contributed by atoms with van der Waals surface area (Å²) >= 11 is 0. The zero-order chi connectivity index (χ0) is 16.0. The summed E-state index contributed by atoms with van der Waals surface area (Å²) in [5, 5.41) is 13.2. The number of piperazine rings is 1. The molecular weight excluding hydrogens is 277 g/mol. The Morgan fingerprint density at radius 1 is 1.36 bits per heavy atom. The molecule has 1 heterocycles. The molecule has 2 rings (SSSR count). The van der Waals surface area contributed by atoms with E-state index in [1.165, 1.54) is 12.1 Å². The highest BCUT2D eigenvalue weighted by atomic mass is 19.1. The Kier molecular flexibility index (Phi) is 5.93. The first-order valence-electron chi connectivity index (χ1n) is 8.19. The third kappa shape index (κ3) is 3.85. The summed E-state index contributed by atoms with van der Waals surface area (Å²) in [7, 11) is 0. The van der Waals surface area contributed by atoms with Gasteiger partial charge in [0.1, 0.15) is 5.82 Å². The second-order valence-electron chi connectivity index (χ2n) is 6.44. The average Bonchev–Trinajstić information content (AvgIpc) is 2.52. The summed E-state index contributed by atoms with van der Waals surface area (Å²) in [5.74, 6) is -0.109. The van der Waals surface area contributed by atoms with Gasteiger partial charge in [0.15, 0.2) is 0 Å². The second-order valence-corrected chi connectivity index (χ2v) is 6.44. The van der Waals surface area contributed by atoms with Gasteiger partial charge in [-0.2, -0.15) is 5.26 Å². The molecule has 4 heteroatoms. The summed E-state index contributed by atoms with van der Waals surface area (Å²) in [5.41, 5.74) is 0.209. The minimum absolute atomic E-state index is 0.155. The Labute approximate surface area is 133 Å². The number of nitrogens with one attached hydrogen (secondary N) is 1. The Morgan fingerprint density at radius 2 is 2.09 bits per heavy atom. The van der Waals surface area contributed by atoms with Crippen molar-refractivity contribution in [3.8, 4) is 6.07 Å². The van der Waals surface area contributed by atoms with Gasteiger partial charge in [-0.15, -0.1) is 0 Å². The zero-order valence-corrected chi connectivity index (χ0v) is 13.6. The third-order valence-electron chi connectivity index (χ3n) is 4.78. The summed E-state index contributed by atoms with van der Waals surface area (Å²) in [4.78, 5) is 2.44. The lowest BCUT2D eigenvalue weighted by molar-refractivity contribution is 0.225. The van der Waals surface area contributed by atoms with Gasteiger partial charge >= 0.3 is 0 Å². The molecule has 0 aromatic heterocycles. The molecule has 0 spiro atoms. The molecule has 0 aliphatic carbocycles. The van der Waals surface area contributed by atoms with E-state index in [1.54, 1.807) is 6.07 Å². The first-order valence-corrected chi connectivity index (χ1v) is 8.19. The van der Waals surface area contributed by atoms with Crippen molar-refractivity contribution < 1.29 is 4.39 Å². The van der Waals surface area contributed by atoms with Crippen LogP contribution >= 0.6 is 0 Å². The highest BCUT2D eigenvalue weighted by molar-refractivity contribution is 5.33. The Bertz CT molecular complexity index is 517. The average molecular weight is 303 g/mol. The van der Waals surface area contributed by atoms with Crippen LogP contribution in [-0.4, -0.2) is 37.6 Å². The van der Waals surface area contributed by atoms with Crippen LogP contribution in [0, 0.1) is 23.1 Å². The van der Waals surface area contributed by atoms with Crippen LogP contribution in [0.1, 0.15) is 32.3 Å². The number of hydrogen-bond donors (Lipinski definition) is 1. The van der Waals surface area contributed by atoms with Gasteiger partial charge in [0.05, 0.1) is 11.5 Å². The largest absolute Gasteiger partial charge is 0.314 e. The quantitative estimate of drug-likeness (QED) is 0.878. The van der Waals surface area contributed by atoms with Crippen molar-refractivity contribution in [3.63, 3.8) is 0 Å². The molecule has 1 aromatic carbocycles. The normalized spacial score (nSPS) is 18.9. The van der Waals surface area contributed by atoms with Gasteiger partial charge in [-0.25, -0.2) is 4.39 Å². The molecule has 1 atom stereocenters. The summed E-state index contributed by atoms with van der Waals surface area (Å²) in [6, 6.07) is 9.05. The van der Waals surface area contributed by atoms with Crippen LogP contribution in [0.5, 0.6) is 0 Å².